The Morgan fingerprint density at radius 2 is 0.957 bits per heavy atom. The summed E-state index contributed by atoms with van der Waals surface area (Å²) in [6.45, 7) is 4.37. The summed E-state index contributed by atoms with van der Waals surface area (Å²) in [5.41, 5.74) is 9.75. The molecule has 46 heavy (non-hydrogen) atoms. The van der Waals surface area contributed by atoms with Crippen molar-refractivity contribution in [1.29, 1.82) is 0 Å². The lowest BCUT2D eigenvalue weighted by atomic mass is 10.0. The first-order chi connectivity index (χ1) is 22.6. The molecule has 0 radical (unpaired) electrons. The standard InChI is InChI=1S/C41H32N4O/c1-28(2)29-16-18-30(19-17-29)40-42-43-41(46-40)31-20-22-33(23-21-31)44(32-10-4-3-5-11-32)34-24-26-35(27-25-34)45-38-14-8-6-12-36(38)37-13-7-9-15-39(37)45/h3-28H,1-2H3. The number of para-hydroxylation sites is 3. The smallest absolute Gasteiger partial charge is 0.248 e. The van der Waals surface area contributed by atoms with E-state index in [4.69, 9.17) is 4.42 Å². The summed E-state index contributed by atoms with van der Waals surface area (Å²) < 4.78 is 8.44. The topological polar surface area (TPSA) is 47.1 Å². The maximum Gasteiger partial charge on any atom is 0.248 e. The van der Waals surface area contributed by atoms with E-state index in [0.29, 0.717) is 17.7 Å². The van der Waals surface area contributed by atoms with Crippen LogP contribution < -0.4 is 4.90 Å². The molecule has 0 amide bonds. The summed E-state index contributed by atoms with van der Waals surface area (Å²) in [5, 5.41) is 11.2. The van der Waals surface area contributed by atoms with Crippen molar-refractivity contribution in [3.8, 4) is 28.6 Å². The van der Waals surface area contributed by atoms with E-state index in [2.05, 4.69) is 155 Å². The van der Waals surface area contributed by atoms with Gasteiger partial charge < -0.3 is 13.9 Å². The van der Waals surface area contributed by atoms with Crippen molar-refractivity contribution in [3.05, 3.63) is 157 Å². The van der Waals surface area contributed by atoms with Crippen molar-refractivity contribution in [3.63, 3.8) is 0 Å². The molecule has 2 heterocycles. The summed E-state index contributed by atoms with van der Waals surface area (Å²) in [4.78, 5) is 2.26. The monoisotopic (exact) mass is 596 g/mol. The van der Waals surface area contributed by atoms with Gasteiger partial charge in [-0.15, -0.1) is 10.2 Å². The highest BCUT2D eigenvalue weighted by molar-refractivity contribution is 6.09. The third-order valence-electron chi connectivity index (χ3n) is 8.58. The molecule has 0 saturated carbocycles. The van der Waals surface area contributed by atoms with Gasteiger partial charge in [0.15, 0.2) is 0 Å². The number of hydrogen-bond acceptors (Lipinski definition) is 4. The van der Waals surface area contributed by atoms with E-state index in [1.54, 1.807) is 0 Å². The minimum absolute atomic E-state index is 0.472. The molecule has 6 aromatic carbocycles. The van der Waals surface area contributed by atoms with Gasteiger partial charge in [0, 0.05) is 44.6 Å². The van der Waals surface area contributed by atoms with Crippen LogP contribution in [0.25, 0.3) is 50.4 Å². The van der Waals surface area contributed by atoms with Gasteiger partial charge in [-0.25, -0.2) is 0 Å². The maximum atomic E-state index is 6.10. The van der Waals surface area contributed by atoms with Gasteiger partial charge in [-0.05, 0) is 96.4 Å². The van der Waals surface area contributed by atoms with Gasteiger partial charge in [0.25, 0.3) is 0 Å². The van der Waals surface area contributed by atoms with Crippen molar-refractivity contribution in [2.45, 2.75) is 19.8 Å². The lowest BCUT2D eigenvalue weighted by Gasteiger charge is -2.26. The Balaban J connectivity index is 1.13. The molecule has 0 fully saturated rings. The van der Waals surface area contributed by atoms with Crippen LogP contribution >= 0.6 is 0 Å². The zero-order valence-corrected chi connectivity index (χ0v) is 25.7. The van der Waals surface area contributed by atoms with Crippen LogP contribution in [0.5, 0.6) is 0 Å². The molecule has 5 heteroatoms. The van der Waals surface area contributed by atoms with Crippen LogP contribution in [0, 0.1) is 0 Å². The molecule has 0 unspecified atom stereocenters. The predicted molar refractivity (Wildman–Crippen MR) is 188 cm³/mol. The van der Waals surface area contributed by atoms with Crippen molar-refractivity contribution in [1.82, 2.24) is 14.8 Å². The summed E-state index contributed by atoms with van der Waals surface area (Å²) >= 11 is 0. The summed E-state index contributed by atoms with van der Waals surface area (Å²) in [6.07, 6.45) is 0. The van der Waals surface area contributed by atoms with Gasteiger partial charge in [0.05, 0.1) is 11.0 Å². The average molecular weight is 597 g/mol. The Labute approximate surface area is 268 Å². The summed E-state index contributed by atoms with van der Waals surface area (Å²) in [5.74, 6) is 1.49. The second-order valence-electron chi connectivity index (χ2n) is 11.8. The van der Waals surface area contributed by atoms with Crippen molar-refractivity contribution < 1.29 is 4.42 Å². The minimum atomic E-state index is 0.472. The molecular weight excluding hydrogens is 564 g/mol. The van der Waals surface area contributed by atoms with Crippen LogP contribution in [0.1, 0.15) is 25.3 Å². The fourth-order valence-electron chi connectivity index (χ4n) is 6.20. The third-order valence-corrected chi connectivity index (χ3v) is 8.58. The highest BCUT2D eigenvalue weighted by atomic mass is 16.4. The SMILES string of the molecule is CC(C)c1ccc(-c2nnc(-c3ccc(N(c4ccccc4)c4ccc(-n5c6ccccc6c6ccccc65)cc4)cc3)o2)cc1. The Morgan fingerprint density at radius 1 is 0.500 bits per heavy atom. The van der Waals surface area contributed by atoms with Gasteiger partial charge in [-0.1, -0.05) is 80.6 Å². The quantitative estimate of drug-likeness (QED) is 0.184. The molecule has 0 aliphatic heterocycles. The van der Waals surface area contributed by atoms with Crippen molar-refractivity contribution in [2.75, 3.05) is 4.90 Å². The van der Waals surface area contributed by atoms with Crippen LogP contribution in [0.2, 0.25) is 0 Å². The van der Waals surface area contributed by atoms with Gasteiger partial charge in [0.1, 0.15) is 0 Å². The maximum absolute atomic E-state index is 6.10. The fourth-order valence-corrected chi connectivity index (χ4v) is 6.20. The number of fused-ring (bicyclic) bond motifs is 3. The van der Waals surface area contributed by atoms with Gasteiger partial charge in [-0.3, -0.25) is 0 Å². The Bertz CT molecular complexity index is 2210. The van der Waals surface area contributed by atoms with E-state index >= 15 is 0 Å². The number of aromatic nitrogens is 3. The third kappa shape index (κ3) is 4.92. The van der Waals surface area contributed by atoms with Crippen LogP contribution in [0.3, 0.4) is 0 Å². The molecule has 0 N–H and O–H groups in total. The van der Waals surface area contributed by atoms with E-state index in [1.165, 1.54) is 27.4 Å². The van der Waals surface area contributed by atoms with Gasteiger partial charge >= 0.3 is 0 Å². The van der Waals surface area contributed by atoms with E-state index in [-0.39, 0.29) is 0 Å². The molecule has 222 valence electrons. The molecule has 0 spiro atoms. The molecule has 5 nitrogen and oxygen atoms in total. The first kappa shape index (κ1) is 27.6. The van der Waals surface area contributed by atoms with Crippen molar-refractivity contribution >= 4 is 38.9 Å². The predicted octanol–water partition coefficient (Wildman–Crippen LogP) is 11.1. The summed E-state index contributed by atoms with van der Waals surface area (Å²) in [7, 11) is 0. The lowest BCUT2D eigenvalue weighted by Crippen LogP contribution is -2.10. The van der Waals surface area contributed by atoms with Gasteiger partial charge in [-0.2, -0.15) is 0 Å². The number of anilines is 3. The van der Waals surface area contributed by atoms with E-state index in [9.17, 15) is 0 Å². The molecule has 8 rings (SSSR count). The second kappa shape index (κ2) is 11.5. The number of nitrogens with zero attached hydrogens (tertiary/aromatic N) is 4. The van der Waals surface area contributed by atoms with E-state index in [1.807, 2.05) is 30.3 Å². The van der Waals surface area contributed by atoms with E-state index < -0.39 is 0 Å². The summed E-state index contributed by atoms with van der Waals surface area (Å²) in [6, 6.07) is 53.0. The molecule has 0 saturated heterocycles. The lowest BCUT2D eigenvalue weighted by molar-refractivity contribution is 0.584. The largest absolute Gasteiger partial charge is 0.416 e. The highest BCUT2D eigenvalue weighted by Gasteiger charge is 2.16. The Hall–Kier alpha value is -5.94. The Morgan fingerprint density at radius 3 is 1.50 bits per heavy atom. The molecule has 8 aromatic rings. The van der Waals surface area contributed by atoms with E-state index in [0.717, 1.165) is 33.9 Å². The number of benzene rings is 6. The number of hydrogen-bond donors (Lipinski definition) is 0. The average Bonchev–Trinajstić information content (AvgIpc) is 3.74. The van der Waals surface area contributed by atoms with Crippen LogP contribution in [0.15, 0.2) is 156 Å². The Kier molecular flexibility index (Phi) is 6.92. The first-order valence-corrected chi connectivity index (χ1v) is 15.6. The van der Waals surface area contributed by atoms with Crippen LogP contribution in [-0.2, 0) is 0 Å². The minimum Gasteiger partial charge on any atom is -0.416 e. The van der Waals surface area contributed by atoms with Gasteiger partial charge in [0.2, 0.25) is 11.8 Å². The second-order valence-corrected chi connectivity index (χ2v) is 11.8. The highest BCUT2D eigenvalue weighted by Crippen LogP contribution is 2.37. The van der Waals surface area contributed by atoms with Crippen molar-refractivity contribution in [2.24, 2.45) is 0 Å². The molecule has 0 bridgehead atoms. The zero-order chi connectivity index (χ0) is 31.0. The van der Waals surface area contributed by atoms with Crippen LogP contribution in [-0.4, -0.2) is 14.8 Å². The molecule has 0 aliphatic carbocycles. The fraction of sp³-hybridized carbons (Fsp3) is 0.0732. The molecule has 0 aliphatic rings. The molecule has 2 aromatic heterocycles. The molecule has 0 atom stereocenters. The number of rotatable bonds is 7. The first-order valence-electron chi connectivity index (χ1n) is 15.6. The molecular formula is C41H32N4O. The van der Waals surface area contributed by atoms with Crippen LogP contribution in [0.4, 0.5) is 17.1 Å². The zero-order valence-electron chi connectivity index (χ0n) is 25.7. The normalized spacial score (nSPS) is 11.5.